The average Bonchev–Trinajstić information content (AvgIpc) is 2.25. The van der Waals surface area contributed by atoms with Crippen LogP contribution in [-0.4, -0.2) is 7.11 Å². The van der Waals surface area contributed by atoms with Crippen LogP contribution >= 0.6 is 11.6 Å². The van der Waals surface area contributed by atoms with Gasteiger partial charge in [-0.3, -0.25) is 0 Å². The quantitative estimate of drug-likeness (QED) is 0.753. The molecular weight excluding hydrogens is 243 g/mol. The van der Waals surface area contributed by atoms with Gasteiger partial charge in [0.1, 0.15) is 5.75 Å². The third-order valence-corrected chi connectivity index (χ3v) is 2.26. The van der Waals surface area contributed by atoms with Crippen molar-refractivity contribution in [1.82, 2.24) is 0 Å². The van der Waals surface area contributed by atoms with Crippen LogP contribution in [0.15, 0.2) is 12.1 Å². The van der Waals surface area contributed by atoms with Crippen LogP contribution in [0.1, 0.15) is 16.7 Å². The molecule has 0 bridgehead atoms. The number of benzene rings is 1. The molecule has 0 saturated carbocycles. The molecule has 0 amide bonds. The Morgan fingerprint density at radius 1 is 1.44 bits per heavy atom. The Kier molecular flexibility index (Phi) is 3.66. The summed E-state index contributed by atoms with van der Waals surface area (Å²) in [7, 11) is 1.23. The van der Waals surface area contributed by atoms with Gasteiger partial charge in [-0.05, 0) is 12.1 Å². The lowest BCUT2D eigenvalue weighted by atomic mass is 10.0. The molecule has 0 N–H and O–H groups in total. The molecule has 1 aromatic rings. The van der Waals surface area contributed by atoms with Gasteiger partial charge in [0.15, 0.2) is 0 Å². The number of nitriles is 1. The van der Waals surface area contributed by atoms with Crippen LogP contribution < -0.4 is 4.74 Å². The van der Waals surface area contributed by atoms with Gasteiger partial charge in [0.25, 0.3) is 0 Å². The van der Waals surface area contributed by atoms with E-state index in [1.165, 1.54) is 13.2 Å². The van der Waals surface area contributed by atoms with Crippen molar-refractivity contribution < 1.29 is 17.9 Å². The van der Waals surface area contributed by atoms with Crippen molar-refractivity contribution in [3.05, 3.63) is 28.8 Å². The first-order valence-electron chi connectivity index (χ1n) is 4.18. The molecule has 0 aliphatic heterocycles. The van der Waals surface area contributed by atoms with E-state index in [0.29, 0.717) is 0 Å². The van der Waals surface area contributed by atoms with Crippen molar-refractivity contribution in [2.75, 3.05) is 7.11 Å². The molecule has 0 aliphatic carbocycles. The predicted octanol–water partition coefficient (Wildman–Crippen LogP) is 3.32. The highest BCUT2D eigenvalue weighted by Crippen LogP contribution is 2.37. The molecule has 0 aromatic heterocycles. The van der Waals surface area contributed by atoms with E-state index in [4.69, 9.17) is 21.6 Å². The maximum absolute atomic E-state index is 12.6. The molecule has 0 atom stereocenters. The van der Waals surface area contributed by atoms with E-state index < -0.39 is 11.7 Å². The number of alkyl halides is 4. The van der Waals surface area contributed by atoms with Crippen LogP contribution in [0.4, 0.5) is 13.2 Å². The maximum atomic E-state index is 12.6. The molecule has 0 heterocycles. The second kappa shape index (κ2) is 4.62. The van der Waals surface area contributed by atoms with E-state index in [0.717, 1.165) is 6.07 Å². The number of rotatable bonds is 2. The van der Waals surface area contributed by atoms with Gasteiger partial charge in [0.05, 0.1) is 30.2 Å². The highest BCUT2D eigenvalue weighted by molar-refractivity contribution is 6.17. The molecule has 86 valence electrons. The van der Waals surface area contributed by atoms with Crippen LogP contribution in [-0.2, 0) is 12.1 Å². The monoisotopic (exact) mass is 249 g/mol. The minimum Gasteiger partial charge on any atom is -0.496 e. The molecule has 6 heteroatoms. The average molecular weight is 250 g/mol. The zero-order valence-electron chi connectivity index (χ0n) is 8.23. The normalized spacial score (nSPS) is 11.0. The highest BCUT2D eigenvalue weighted by Gasteiger charge is 2.35. The summed E-state index contributed by atoms with van der Waals surface area (Å²) in [6.07, 6.45) is -4.55. The minimum atomic E-state index is -4.55. The van der Waals surface area contributed by atoms with Crippen molar-refractivity contribution >= 4 is 11.6 Å². The predicted molar refractivity (Wildman–Crippen MR) is 52.3 cm³/mol. The van der Waals surface area contributed by atoms with Crippen molar-refractivity contribution in [1.29, 1.82) is 5.26 Å². The van der Waals surface area contributed by atoms with Crippen molar-refractivity contribution in [2.45, 2.75) is 12.1 Å². The lowest BCUT2D eigenvalue weighted by Gasteiger charge is -2.14. The van der Waals surface area contributed by atoms with E-state index in [9.17, 15) is 13.2 Å². The standard InChI is InChI=1S/C10H7ClF3NO/c1-16-9-3-6(5-15)2-8(7(9)4-11)10(12,13)14/h2-3H,4H2,1H3. The summed E-state index contributed by atoms with van der Waals surface area (Å²) in [5.74, 6) is -0.356. The van der Waals surface area contributed by atoms with Gasteiger partial charge in [0, 0.05) is 5.56 Å². The van der Waals surface area contributed by atoms with E-state index in [1.807, 2.05) is 0 Å². The number of nitrogens with zero attached hydrogens (tertiary/aromatic N) is 1. The van der Waals surface area contributed by atoms with E-state index in [1.54, 1.807) is 6.07 Å². The summed E-state index contributed by atoms with van der Waals surface area (Å²) >= 11 is 5.45. The highest BCUT2D eigenvalue weighted by atomic mass is 35.5. The summed E-state index contributed by atoms with van der Waals surface area (Å²) < 4.78 is 42.7. The molecule has 1 rings (SSSR count). The Morgan fingerprint density at radius 2 is 2.06 bits per heavy atom. The Hall–Kier alpha value is -1.41. The van der Waals surface area contributed by atoms with Crippen molar-refractivity contribution in [2.24, 2.45) is 0 Å². The maximum Gasteiger partial charge on any atom is 0.416 e. The molecule has 0 saturated heterocycles. The lowest BCUT2D eigenvalue weighted by molar-refractivity contribution is -0.138. The van der Waals surface area contributed by atoms with E-state index >= 15 is 0 Å². The van der Waals surface area contributed by atoms with Gasteiger partial charge in [-0.1, -0.05) is 0 Å². The number of ether oxygens (including phenoxy) is 1. The van der Waals surface area contributed by atoms with Gasteiger partial charge in [-0.25, -0.2) is 0 Å². The van der Waals surface area contributed by atoms with Gasteiger partial charge >= 0.3 is 6.18 Å². The number of methoxy groups -OCH3 is 1. The molecule has 16 heavy (non-hydrogen) atoms. The number of hydrogen-bond donors (Lipinski definition) is 0. The van der Waals surface area contributed by atoms with Crippen molar-refractivity contribution in [3.63, 3.8) is 0 Å². The van der Waals surface area contributed by atoms with Gasteiger partial charge in [-0.2, -0.15) is 18.4 Å². The first kappa shape index (κ1) is 12.7. The molecule has 0 unspecified atom stereocenters. The Balaban J connectivity index is 3.51. The minimum absolute atomic E-state index is 0.0265. The summed E-state index contributed by atoms with van der Waals surface area (Å²) in [4.78, 5) is 0. The topological polar surface area (TPSA) is 33.0 Å². The fourth-order valence-electron chi connectivity index (χ4n) is 1.28. The van der Waals surface area contributed by atoms with Crippen LogP contribution in [0.5, 0.6) is 5.75 Å². The molecule has 2 nitrogen and oxygen atoms in total. The summed E-state index contributed by atoms with van der Waals surface area (Å²) in [6.45, 7) is 0. The Morgan fingerprint density at radius 3 is 2.44 bits per heavy atom. The van der Waals surface area contributed by atoms with Crippen molar-refractivity contribution in [3.8, 4) is 11.8 Å². The van der Waals surface area contributed by atoms with Gasteiger partial charge in [-0.15, -0.1) is 11.6 Å². The fourth-order valence-corrected chi connectivity index (χ4v) is 1.56. The fraction of sp³-hybridized carbons (Fsp3) is 0.300. The molecule has 0 aliphatic rings. The van der Waals surface area contributed by atoms with Gasteiger partial charge in [0.2, 0.25) is 0 Å². The SMILES string of the molecule is COc1cc(C#N)cc(C(F)(F)F)c1CCl. The van der Waals surface area contributed by atoms with Crippen LogP contribution in [0, 0.1) is 11.3 Å². The first-order chi connectivity index (χ1) is 7.43. The summed E-state index contributed by atoms with van der Waals surface area (Å²) in [5.41, 5.74) is -1.20. The lowest BCUT2D eigenvalue weighted by Crippen LogP contribution is -2.10. The second-order valence-electron chi connectivity index (χ2n) is 2.95. The Labute approximate surface area is 95.2 Å². The molecule has 0 fully saturated rings. The van der Waals surface area contributed by atoms with Crippen LogP contribution in [0.3, 0.4) is 0 Å². The number of hydrogen-bond acceptors (Lipinski definition) is 2. The number of halogens is 4. The molecular formula is C10H7ClF3NO. The smallest absolute Gasteiger partial charge is 0.416 e. The summed E-state index contributed by atoms with van der Waals surface area (Å²) in [6, 6.07) is 3.64. The second-order valence-corrected chi connectivity index (χ2v) is 3.22. The summed E-state index contributed by atoms with van der Waals surface area (Å²) in [5, 5.41) is 8.61. The first-order valence-corrected chi connectivity index (χ1v) is 4.71. The largest absolute Gasteiger partial charge is 0.496 e. The zero-order valence-corrected chi connectivity index (χ0v) is 8.99. The van der Waals surface area contributed by atoms with Crippen LogP contribution in [0.25, 0.3) is 0 Å². The van der Waals surface area contributed by atoms with E-state index in [-0.39, 0.29) is 22.8 Å². The van der Waals surface area contributed by atoms with Gasteiger partial charge < -0.3 is 4.74 Å². The Bertz CT molecular complexity index is 437. The molecule has 0 spiro atoms. The van der Waals surface area contributed by atoms with E-state index in [2.05, 4.69) is 0 Å². The zero-order chi connectivity index (χ0) is 12.3. The van der Waals surface area contributed by atoms with Crippen LogP contribution in [0.2, 0.25) is 0 Å². The molecule has 0 radical (unpaired) electrons. The molecule has 1 aromatic carbocycles. The third-order valence-electron chi connectivity index (χ3n) is 2.00. The third kappa shape index (κ3) is 2.39.